The molecule has 0 aliphatic heterocycles. The lowest BCUT2D eigenvalue weighted by Crippen LogP contribution is -2.34. The van der Waals surface area contributed by atoms with Crippen LogP contribution in [0, 0.1) is 0 Å². The minimum Gasteiger partial charge on any atom is -0.497 e. The predicted octanol–water partition coefficient (Wildman–Crippen LogP) is 0.690. The number of hydrogen-bond donors (Lipinski definition) is 3. The van der Waals surface area contributed by atoms with Crippen LogP contribution in [0.4, 0.5) is 10.5 Å². The van der Waals surface area contributed by atoms with E-state index in [1.165, 1.54) is 0 Å². The zero-order valence-corrected chi connectivity index (χ0v) is 7.20. The summed E-state index contributed by atoms with van der Waals surface area (Å²) in [5, 5.41) is 2.51. The molecule has 70 valence electrons. The van der Waals surface area contributed by atoms with Crippen LogP contribution in [0.2, 0.25) is 0 Å². The van der Waals surface area contributed by atoms with Gasteiger partial charge in [0, 0.05) is 5.69 Å². The summed E-state index contributed by atoms with van der Waals surface area (Å²) >= 11 is 0. The molecule has 0 atom stereocenters. The minimum atomic E-state index is -0.454. The number of anilines is 1. The molecular weight excluding hydrogens is 170 g/mol. The van der Waals surface area contributed by atoms with E-state index in [2.05, 4.69) is 5.32 Å². The van der Waals surface area contributed by atoms with Gasteiger partial charge < -0.3 is 10.1 Å². The Balaban J connectivity index is 2.64. The highest BCUT2D eigenvalue weighted by Gasteiger charge is 1.97. The van der Waals surface area contributed by atoms with E-state index in [1.54, 1.807) is 31.4 Å². The molecular formula is C8H11N3O2. The van der Waals surface area contributed by atoms with Crippen molar-refractivity contribution in [2.75, 3.05) is 12.4 Å². The summed E-state index contributed by atoms with van der Waals surface area (Å²) in [4.78, 5) is 10.8. The number of amides is 2. The van der Waals surface area contributed by atoms with Crippen LogP contribution in [0.3, 0.4) is 0 Å². The lowest BCUT2D eigenvalue weighted by Gasteiger charge is -2.04. The number of ether oxygens (including phenoxy) is 1. The molecule has 0 heterocycles. The first-order chi connectivity index (χ1) is 6.26. The molecule has 5 nitrogen and oxygen atoms in total. The molecule has 0 radical (unpaired) electrons. The van der Waals surface area contributed by atoms with Crippen LogP contribution in [-0.4, -0.2) is 13.1 Å². The van der Waals surface area contributed by atoms with Gasteiger partial charge in [0.15, 0.2) is 0 Å². The van der Waals surface area contributed by atoms with Gasteiger partial charge in [-0.15, -0.1) is 0 Å². The average Bonchev–Trinajstić information content (AvgIpc) is 2.19. The number of carbonyl (C=O) groups is 1. The summed E-state index contributed by atoms with van der Waals surface area (Å²) in [6, 6.07) is 6.46. The molecule has 0 fully saturated rings. The van der Waals surface area contributed by atoms with Crippen LogP contribution in [0.5, 0.6) is 5.75 Å². The number of hydrazine groups is 1. The Morgan fingerprint density at radius 2 is 2.00 bits per heavy atom. The maximum Gasteiger partial charge on any atom is 0.333 e. The van der Waals surface area contributed by atoms with Crippen molar-refractivity contribution in [3.05, 3.63) is 24.3 Å². The summed E-state index contributed by atoms with van der Waals surface area (Å²) in [7, 11) is 1.58. The molecule has 1 rings (SSSR count). The van der Waals surface area contributed by atoms with E-state index in [1.807, 2.05) is 5.43 Å². The van der Waals surface area contributed by atoms with Crippen LogP contribution in [0.25, 0.3) is 0 Å². The normalized spacial score (nSPS) is 9.08. The molecule has 0 spiro atoms. The third-order valence-electron chi connectivity index (χ3n) is 1.48. The van der Waals surface area contributed by atoms with Gasteiger partial charge in [-0.25, -0.2) is 10.6 Å². The van der Waals surface area contributed by atoms with Crippen molar-refractivity contribution in [3.8, 4) is 5.75 Å². The lowest BCUT2D eigenvalue weighted by atomic mass is 10.3. The molecule has 1 aromatic carbocycles. The fraction of sp³-hybridized carbons (Fsp3) is 0.125. The van der Waals surface area contributed by atoms with Gasteiger partial charge in [0.25, 0.3) is 0 Å². The van der Waals surface area contributed by atoms with Gasteiger partial charge in [-0.1, -0.05) is 0 Å². The Morgan fingerprint density at radius 3 is 2.46 bits per heavy atom. The smallest absolute Gasteiger partial charge is 0.333 e. The number of methoxy groups -OCH3 is 1. The summed E-state index contributed by atoms with van der Waals surface area (Å²) in [5.41, 5.74) is 2.62. The molecule has 0 aliphatic rings. The number of urea groups is 1. The van der Waals surface area contributed by atoms with Gasteiger partial charge in [-0.3, -0.25) is 5.43 Å². The first-order valence-corrected chi connectivity index (χ1v) is 3.68. The molecule has 2 amide bonds. The molecule has 13 heavy (non-hydrogen) atoms. The second-order valence-corrected chi connectivity index (χ2v) is 2.33. The molecule has 0 saturated heterocycles. The Bertz CT molecular complexity index is 284. The minimum absolute atomic E-state index is 0.454. The van der Waals surface area contributed by atoms with E-state index >= 15 is 0 Å². The molecule has 5 heteroatoms. The number of carbonyl (C=O) groups excluding carboxylic acids is 1. The maximum atomic E-state index is 10.8. The van der Waals surface area contributed by atoms with E-state index in [0.29, 0.717) is 5.69 Å². The van der Waals surface area contributed by atoms with Crippen LogP contribution in [0.1, 0.15) is 0 Å². The standard InChI is InChI=1S/C8H11N3O2/c1-13-7-4-2-6(3-5-7)10-8(12)11-9/h2-5H,9H2,1H3,(H2,10,11,12). The highest BCUT2D eigenvalue weighted by molar-refractivity contribution is 5.88. The van der Waals surface area contributed by atoms with Gasteiger partial charge in [0.1, 0.15) is 5.75 Å². The summed E-state index contributed by atoms with van der Waals surface area (Å²) in [6.45, 7) is 0. The van der Waals surface area contributed by atoms with Crippen molar-refractivity contribution in [1.82, 2.24) is 5.43 Å². The van der Waals surface area contributed by atoms with Crippen molar-refractivity contribution in [2.45, 2.75) is 0 Å². The van der Waals surface area contributed by atoms with Gasteiger partial charge in [-0.2, -0.15) is 0 Å². The molecule has 0 aromatic heterocycles. The number of benzene rings is 1. The molecule has 0 saturated carbocycles. The van der Waals surface area contributed by atoms with E-state index in [-0.39, 0.29) is 0 Å². The molecule has 0 unspecified atom stereocenters. The highest BCUT2D eigenvalue weighted by atomic mass is 16.5. The number of nitrogens with one attached hydrogen (secondary N) is 2. The van der Waals surface area contributed by atoms with Crippen molar-refractivity contribution in [1.29, 1.82) is 0 Å². The van der Waals surface area contributed by atoms with Gasteiger partial charge >= 0.3 is 6.03 Å². The van der Waals surface area contributed by atoms with Crippen LogP contribution in [-0.2, 0) is 0 Å². The topological polar surface area (TPSA) is 76.4 Å². The molecule has 0 aliphatic carbocycles. The molecule has 1 aromatic rings. The number of nitrogens with two attached hydrogens (primary N) is 1. The maximum absolute atomic E-state index is 10.8. The third kappa shape index (κ3) is 2.64. The molecule has 4 N–H and O–H groups in total. The monoisotopic (exact) mass is 181 g/mol. The quantitative estimate of drug-likeness (QED) is 0.357. The van der Waals surface area contributed by atoms with Crippen molar-refractivity contribution < 1.29 is 9.53 Å². The first kappa shape index (κ1) is 9.34. The van der Waals surface area contributed by atoms with Crippen molar-refractivity contribution in [2.24, 2.45) is 5.84 Å². The Morgan fingerprint density at radius 1 is 1.38 bits per heavy atom. The predicted molar refractivity (Wildman–Crippen MR) is 49.3 cm³/mol. The summed E-state index contributed by atoms with van der Waals surface area (Å²) in [6.07, 6.45) is 0. The third-order valence-corrected chi connectivity index (χ3v) is 1.48. The van der Waals surface area contributed by atoms with Gasteiger partial charge in [0.2, 0.25) is 0 Å². The largest absolute Gasteiger partial charge is 0.497 e. The van der Waals surface area contributed by atoms with Crippen molar-refractivity contribution >= 4 is 11.7 Å². The average molecular weight is 181 g/mol. The van der Waals surface area contributed by atoms with Crippen LogP contribution in [0.15, 0.2) is 24.3 Å². The molecule has 0 bridgehead atoms. The summed E-state index contributed by atoms with van der Waals surface area (Å²) < 4.78 is 4.95. The second kappa shape index (κ2) is 4.32. The SMILES string of the molecule is COc1ccc(NC(=O)NN)cc1. The Hall–Kier alpha value is -1.75. The van der Waals surface area contributed by atoms with Crippen LogP contribution >= 0.6 is 0 Å². The summed E-state index contributed by atoms with van der Waals surface area (Å²) in [5.74, 6) is 5.62. The van der Waals surface area contributed by atoms with E-state index < -0.39 is 6.03 Å². The fourth-order valence-corrected chi connectivity index (χ4v) is 0.842. The zero-order valence-electron chi connectivity index (χ0n) is 7.20. The lowest BCUT2D eigenvalue weighted by molar-refractivity contribution is 0.252. The Kier molecular flexibility index (Phi) is 3.10. The van der Waals surface area contributed by atoms with Crippen LogP contribution < -0.4 is 21.3 Å². The van der Waals surface area contributed by atoms with Gasteiger partial charge in [0.05, 0.1) is 7.11 Å². The fourth-order valence-electron chi connectivity index (χ4n) is 0.842. The van der Waals surface area contributed by atoms with E-state index in [0.717, 1.165) is 5.75 Å². The van der Waals surface area contributed by atoms with Crippen molar-refractivity contribution in [3.63, 3.8) is 0 Å². The Labute approximate surface area is 75.8 Å². The number of rotatable bonds is 2. The zero-order chi connectivity index (χ0) is 9.68. The number of hydrogen-bond acceptors (Lipinski definition) is 3. The van der Waals surface area contributed by atoms with E-state index in [4.69, 9.17) is 10.6 Å². The van der Waals surface area contributed by atoms with E-state index in [9.17, 15) is 4.79 Å². The first-order valence-electron chi connectivity index (χ1n) is 3.68. The second-order valence-electron chi connectivity index (χ2n) is 2.33. The van der Waals surface area contributed by atoms with Gasteiger partial charge in [-0.05, 0) is 24.3 Å². The highest BCUT2D eigenvalue weighted by Crippen LogP contribution is 2.14.